The minimum absolute atomic E-state index is 0.255. The summed E-state index contributed by atoms with van der Waals surface area (Å²) < 4.78 is 5.60. The molecule has 0 aliphatic rings. The molecule has 30 heavy (non-hydrogen) atoms. The molecular formula is C26H42O4. The van der Waals surface area contributed by atoms with Crippen molar-refractivity contribution >= 4 is 11.9 Å². The van der Waals surface area contributed by atoms with Crippen molar-refractivity contribution in [2.75, 3.05) is 0 Å². The van der Waals surface area contributed by atoms with Gasteiger partial charge in [0.15, 0.2) is 0 Å². The molecule has 0 amide bonds. The number of aryl methyl sites for hydroxylation is 2. The summed E-state index contributed by atoms with van der Waals surface area (Å²) in [6.07, 6.45) is 8.74. The van der Waals surface area contributed by atoms with Crippen LogP contribution >= 0.6 is 0 Å². The van der Waals surface area contributed by atoms with E-state index in [4.69, 9.17) is 4.74 Å². The van der Waals surface area contributed by atoms with Crippen LogP contribution in [0.15, 0.2) is 24.3 Å². The van der Waals surface area contributed by atoms with Crippen LogP contribution in [0.4, 0.5) is 0 Å². The number of rotatable bonds is 14. The quantitative estimate of drug-likeness (QED) is 0.273. The highest BCUT2D eigenvalue weighted by atomic mass is 16.6. The van der Waals surface area contributed by atoms with E-state index in [1.807, 2.05) is 20.8 Å². The summed E-state index contributed by atoms with van der Waals surface area (Å²) in [5.74, 6) is -1.97. The van der Waals surface area contributed by atoms with Crippen LogP contribution < -0.4 is 0 Å². The van der Waals surface area contributed by atoms with Crippen LogP contribution in [0.3, 0.4) is 0 Å². The summed E-state index contributed by atoms with van der Waals surface area (Å²) in [7, 11) is 0. The molecule has 1 aromatic carbocycles. The van der Waals surface area contributed by atoms with Gasteiger partial charge in [0.2, 0.25) is 0 Å². The topological polar surface area (TPSA) is 63.6 Å². The number of carboxylic acid groups (broad SMARTS) is 1. The van der Waals surface area contributed by atoms with Crippen LogP contribution in [-0.2, 0) is 27.2 Å². The van der Waals surface area contributed by atoms with Crippen molar-refractivity contribution in [3.8, 4) is 0 Å². The molecule has 0 heterocycles. The molecular weight excluding hydrogens is 376 g/mol. The Balaban J connectivity index is 2.75. The number of hydrogen-bond donors (Lipinski definition) is 1. The highest BCUT2D eigenvalue weighted by Crippen LogP contribution is 2.26. The smallest absolute Gasteiger partial charge is 0.309 e. The van der Waals surface area contributed by atoms with Crippen LogP contribution in [-0.4, -0.2) is 22.6 Å². The molecule has 4 heteroatoms. The number of aliphatic carboxylic acids is 1. The van der Waals surface area contributed by atoms with Crippen molar-refractivity contribution in [3.05, 3.63) is 35.4 Å². The van der Waals surface area contributed by atoms with Crippen molar-refractivity contribution in [1.82, 2.24) is 0 Å². The Morgan fingerprint density at radius 3 is 1.97 bits per heavy atom. The first-order chi connectivity index (χ1) is 14.2. The van der Waals surface area contributed by atoms with Crippen molar-refractivity contribution < 1.29 is 19.4 Å². The van der Waals surface area contributed by atoms with Gasteiger partial charge in [0.05, 0.1) is 11.8 Å². The van der Waals surface area contributed by atoms with Gasteiger partial charge < -0.3 is 9.84 Å². The van der Waals surface area contributed by atoms with Gasteiger partial charge in [-0.2, -0.15) is 0 Å². The molecule has 1 aromatic rings. The van der Waals surface area contributed by atoms with Crippen LogP contribution in [0.2, 0.25) is 0 Å². The molecule has 0 bridgehead atoms. The first-order valence-corrected chi connectivity index (χ1v) is 11.7. The van der Waals surface area contributed by atoms with Gasteiger partial charge in [-0.15, -0.1) is 0 Å². The second kappa shape index (κ2) is 13.5. The van der Waals surface area contributed by atoms with E-state index in [2.05, 4.69) is 38.1 Å². The predicted octanol–water partition coefficient (Wildman–Crippen LogP) is 6.59. The standard InChI is InChI=1S/C26H42O4/c1-6-8-9-10-12-23(25(29)30-26(3,4)5)19-22(24(27)28)18-17-21-15-13-20(11-7-2)14-16-21/h13-16,22-23H,6-12,17-19H2,1-5H3,(H,27,28). The summed E-state index contributed by atoms with van der Waals surface area (Å²) in [5.41, 5.74) is 1.91. The van der Waals surface area contributed by atoms with Gasteiger partial charge in [-0.05, 0) is 64.0 Å². The lowest BCUT2D eigenvalue weighted by molar-refractivity contribution is -0.161. The molecule has 4 nitrogen and oxygen atoms in total. The maximum absolute atomic E-state index is 12.7. The third kappa shape index (κ3) is 10.8. The fraction of sp³-hybridized carbons (Fsp3) is 0.692. The monoisotopic (exact) mass is 418 g/mol. The van der Waals surface area contributed by atoms with Crippen LogP contribution in [0.25, 0.3) is 0 Å². The lowest BCUT2D eigenvalue weighted by atomic mass is 9.86. The molecule has 0 saturated heterocycles. The van der Waals surface area contributed by atoms with Crippen molar-refractivity contribution in [2.45, 2.75) is 104 Å². The van der Waals surface area contributed by atoms with Gasteiger partial charge in [0.25, 0.3) is 0 Å². The molecule has 0 spiro atoms. The van der Waals surface area contributed by atoms with E-state index >= 15 is 0 Å². The second-order valence-electron chi connectivity index (χ2n) is 9.46. The molecule has 0 saturated carbocycles. The summed E-state index contributed by atoms with van der Waals surface area (Å²) in [6.45, 7) is 9.89. The number of carbonyl (C=O) groups is 2. The maximum Gasteiger partial charge on any atom is 0.309 e. The number of esters is 1. The molecule has 1 rings (SSSR count). The van der Waals surface area contributed by atoms with Crippen molar-refractivity contribution in [3.63, 3.8) is 0 Å². The Hall–Kier alpha value is -1.84. The highest BCUT2D eigenvalue weighted by molar-refractivity contribution is 5.75. The molecule has 1 N–H and O–H groups in total. The maximum atomic E-state index is 12.7. The van der Waals surface area contributed by atoms with Gasteiger partial charge in [0, 0.05) is 0 Å². The minimum atomic E-state index is -0.820. The molecule has 2 atom stereocenters. The molecule has 0 fully saturated rings. The Morgan fingerprint density at radius 2 is 1.47 bits per heavy atom. The van der Waals surface area contributed by atoms with Gasteiger partial charge in [-0.1, -0.05) is 70.2 Å². The summed E-state index contributed by atoms with van der Waals surface area (Å²) in [5, 5.41) is 9.79. The van der Waals surface area contributed by atoms with Crippen LogP contribution in [0, 0.1) is 11.8 Å². The van der Waals surface area contributed by atoms with Crippen molar-refractivity contribution in [2.24, 2.45) is 11.8 Å². The first kappa shape index (κ1) is 26.2. The van der Waals surface area contributed by atoms with Gasteiger partial charge >= 0.3 is 11.9 Å². The SMILES string of the molecule is CCCCCCC(CC(CCc1ccc(CCC)cc1)C(=O)O)C(=O)OC(C)(C)C. The molecule has 0 aliphatic heterocycles. The van der Waals surface area contributed by atoms with Gasteiger partial charge in [-0.25, -0.2) is 0 Å². The second-order valence-corrected chi connectivity index (χ2v) is 9.46. The zero-order valence-electron chi connectivity index (χ0n) is 19.7. The third-order valence-corrected chi connectivity index (χ3v) is 5.41. The summed E-state index contributed by atoms with van der Waals surface area (Å²) in [4.78, 5) is 24.7. The van der Waals surface area contributed by atoms with E-state index in [0.717, 1.165) is 44.1 Å². The number of hydrogen-bond acceptors (Lipinski definition) is 3. The first-order valence-electron chi connectivity index (χ1n) is 11.7. The zero-order valence-corrected chi connectivity index (χ0v) is 19.7. The summed E-state index contributed by atoms with van der Waals surface area (Å²) in [6, 6.07) is 8.46. The average molecular weight is 419 g/mol. The number of carbonyl (C=O) groups excluding carboxylic acids is 1. The Morgan fingerprint density at radius 1 is 0.867 bits per heavy atom. The number of carboxylic acids is 1. The van der Waals surface area contributed by atoms with E-state index in [0.29, 0.717) is 25.7 Å². The normalized spacial score (nSPS) is 13.6. The van der Waals surface area contributed by atoms with Gasteiger partial charge in [-0.3, -0.25) is 9.59 Å². The molecule has 0 aliphatic carbocycles. The van der Waals surface area contributed by atoms with E-state index in [1.54, 1.807) is 0 Å². The van der Waals surface area contributed by atoms with E-state index in [9.17, 15) is 14.7 Å². The molecule has 170 valence electrons. The minimum Gasteiger partial charge on any atom is -0.481 e. The Bertz CT molecular complexity index is 627. The zero-order chi connectivity index (χ0) is 22.6. The Labute approximate surface area is 183 Å². The van der Waals surface area contributed by atoms with E-state index in [-0.39, 0.29) is 11.9 Å². The lowest BCUT2D eigenvalue weighted by Gasteiger charge is -2.25. The Kier molecular flexibility index (Phi) is 11.8. The largest absolute Gasteiger partial charge is 0.481 e. The molecule has 0 radical (unpaired) electrons. The molecule has 2 unspecified atom stereocenters. The van der Waals surface area contributed by atoms with Crippen LogP contribution in [0.5, 0.6) is 0 Å². The third-order valence-electron chi connectivity index (χ3n) is 5.41. The number of benzene rings is 1. The van der Waals surface area contributed by atoms with Gasteiger partial charge in [0.1, 0.15) is 5.60 Å². The average Bonchev–Trinajstić information content (AvgIpc) is 2.66. The highest BCUT2D eigenvalue weighted by Gasteiger charge is 2.30. The van der Waals surface area contributed by atoms with Crippen LogP contribution in [0.1, 0.15) is 97.1 Å². The number of unbranched alkanes of at least 4 members (excludes halogenated alkanes) is 3. The van der Waals surface area contributed by atoms with Crippen molar-refractivity contribution in [1.29, 1.82) is 0 Å². The molecule has 0 aromatic heterocycles. The fourth-order valence-corrected chi connectivity index (χ4v) is 3.72. The number of ether oxygens (including phenoxy) is 1. The van der Waals surface area contributed by atoms with E-state index < -0.39 is 17.5 Å². The predicted molar refractivity (Wildman–Crippen MR) is 123 cm³/mol. The lowest BCUT2D eigenvalue weighted by Crippen LogP contribution is -2.31. The van der Waals surface area contributed by atoms with E-state index in [1.165, 1.54) is 5.56 Å². The fourth-order valence-electron chi connectivity index (χ4n) is 3.72. The summed E-state index contributed by atoms with van der Waals surface area (Å²) >= 11 is 0.